The number of rotatable bonds is 6. The van der Waals surface area contributed by atoms with E-state index in [-0.39, 0.29) is 23.2 Å². The maximum Gasteiger partial charge on any atom is 0.274 e. The minimum atomic E-state index is -0.383. The minimum Gasteiger partial charge on any atom is -0.350 e. The van der Waals surface area contributed by atoms with Crippen LogP contribution in [-0.2, 0) is 6.54 Å². The van der Waals surface area contributed by atoms with Crippen LogP contribution in [0.4, 0.5) is 16.0 Å². The third-order valence-electron chi connectivity index (χ3n) is 4.00. The van der Waals surface area contributed by atoms with Crippen LogP contribution in [0, 0.1) is 12.7 Å². The van der Waals surface area contributed by atoms with Crippen molar-refractivity contribution in [2.75, 3.05) is 10.6 Å². The Labute approximate surface area is 161 Å². The van der Waals surface area contributed by atoms with Gasteiger partial charge >= 0.3 is 0 Å². The molecule has 7 heteroatoms. The fraction of sp³-hybridized carbons (Fsp3) is 0.143. The highest BCUT2D eigenvalue weighted by molar-refractivity contribution is 6.03. The number of hydrogen-bond donors (Lipinski definition) is 2. The van der Waals surface area contributed by atoms with E-state index in [9.17, 15) is 14.0 Å². The standard InChI is InChI=1S/C21H19FN4O2/c1-13-11-19(20(28)25-18-9-5-16(6-10-18)14(2)27)26-21(24-13)23-12-15-3-7-17(22)8-4-15/h3-11H,12H2,1-2H3,(H,25,28)(H,23,24,26). The van der Waals surface area contributed by atoms with E-state index in [0.29, 0.717) is 29.4 Å². The monoisotopic (exact) mass is 378 g/mol. The van der Waals surface area contributed by atoms with Crippen LogP contribution in [0.1, 0.15) is 39.0 Å². The summed E-state index contributed by atoms with van der Waals surface area (Å²) in [6, 6.07) is 14.3. The lowest BCUT2D eigenvalue weighted by molar-refractivity contribution is 0.101. The molecule has 0 aliphatic carbocycles. The number of anilines is 2. The van der Waals surface area contributed by atoms with E-state index < -0.39 is 0 Å². The predicted molar refractivity (Wildman–Crippen MR) is 105 cm³/mol. The highest BCUT2D eigenvalue weighted by Crippen LogP contribution is 2.13. The number of carbonyl (C=O) groups excluding carboxylic acids is 2. The van der Waals surface area contributed by atoms with Gasteiger partial charge in [0.2, 0.25) is 5.95 Å². The van der Waals surface area contributed by atoms with E-state index in [2.05, 4.69) is 20.6 Å². The van der Waals surface area contributed by atoms with Gasteiger partial charge in [0.05, 0.1) is 0 Å². The fourth-order valence-corrected chi connectivity index (χ4v) is 2.53. The zero-order chi connectivity index (χ0) is 20.1. The van der Waals surface area contributed by atoms with Crippen LogP contribution >= 0.6 is 0 Å². The van der Waals surface area contributed by atoms with Gasteiger partial charge in [0.25, 0.3) is 5.91 Å². The number of ketones is 1. The molecule has 0 unspecified atom stereocenters. The van der Waals surface area contributed by atoms with Gasteiger partial charge in [-0.25, -0.2) is 14.4 Å². The highest BCUT2D eigenvalue weighted by atomic mass is 19.1. The van der Waals surface area contributed by atoms with E-state index in [0.717, 1.165) is 5.56 Å². The first kappa shape index (κ1) is 19.2. The number of aromatic nitrogens is 2. The average Bonchev–Trinajstić information content (AvgIpc) is 2.67. The number of nitrogens with zero attached hydrogens (tertiary/aromatic N) is 2. The highest BCUT2D eigenvalue weighted by Gasteiger charge is 2.11. The van der Waals surface area contributed by atoms with Crippen molar-refractivity contribution in [1.29, 1.82) is 0 Å². The average molecular weight is 378 g/mol. The second-order valence-electron chi connectivity index (χ2n) is 6.29. The normalized spacial score (nSPS) is 10.4. The Balaban J connectivity index is 1.70. The first-order valence-corrected chi connectivity index (χ1v) is 8.67. The molecule has 0 aliphatic rings. The number of nitrogens with one attached hydrogen (secondary N) is 2. The Bertz CT molecular complexity index is 1000. The van der Waals surface area contributed by atoms with Crippen LogP contribution in [0.5, 0.6) is 0 Å². The van der Waals surface area contributed by atoms with E-state index in [4.69, 9.17) is 0 Å². The molecule has 2 aromatic carbocycles. The van der Waals surface area contributed by atoms with E-state index >= 15 is 0 Å². The third kappa shape index (κ3) is 4.97. The third-order valence-corrected chi connectivity index (χ3v) is 4.00. The number of Topliss-reactive ketones (excluding diaryl/α,β-unsaturated/α-hetero) is 1. The Morgan fingerprint density at radius 2 is 1.68 bits per heavy atom. The summed E-state index contributed by atoms with van der Waals surface area (Å²) < 4.78 is 13.0. The molecule has 142 valence electrons. The summed E-state index contributed by atoms with van der Waals surface area (Å²) >= 11 is 0. The summed E-state index contributed by atoms with van der Waals surface area (Å²) in [4.78, 5) is 32.4. The lowest BCUT2D eigenvalue weighted by Gasteiger charge is -2.09. The molecule has 28 heavy (non-hydrogen) atoms. The van der Waals surface area contributed by atoms with Gasteiger partial charge in [-0.05, 0) is 61.9 Å². The molecule has 1 heterocycles. The van der Waals surface area contributed by atoms with Crippen molar-refractivity contribution in [3.63, 3.8) is 0 Å². The molecular formula is C21H19FN4O2. The molecule has 0 radical (unpaired) electrons. The lowest BCUT2D eigenvalue weighted by Crippen LogP contribution is -2.16. The number of hydrogen-bond acceptors (Lipinski definition) is 5. The van der Waals surface area contributed by atoms with Crippen molar-refractivity contribution < 1.29 is 14.0 Å². The Hall–Kier alpha value is -3.61. The summed E-state index contributed by atoms with van der Waals surface area (Å²) in [6.07, 6.45) is 0. The quantitative estimate of drug-likeness (QED) is 0.634. The van der Waals surface area contributed by atoms with Gasteiger partial charge in [-0.2, -0.15) is 0 Å². The van der Waals surface area contributed by atoms with Crippen LogP contribution in [0.3, 0.4) is 0 Å². The molecular weight excluding hydrogens is 359 g/mol. The van der Waals surface area contributed by atoms with E-state index in [1.165, 1.54) is 19.1 Å². The van der Waals surface area contributed by atoms with Crippen molar-refractivity contribution >= 4 is 23.3 Å². The Morgan fingerprint density at radius 3 is 2.32 bits per heavy atom. The van der Waals surface area contributed by atoms with Crippen molar-refractivity contribution in [2.24, 2.45) is 0 Å². The largest absolute Gasteiger partial charge is 0.350 e. The maximum absolute atomic E-state index is 13.0. The molecule has 2 N–H and O–H groups in total. The van der Waals surface area contributed by atoms with Crippen molar-refractivity contribution in [1.82, 2.24) is 9.97 Å². The van der Waals surface area contributed by atoms with Gasteiger partial charge in [0, 0.05) is 23.5 Å². The van der Waals surface area contributed by atoms with Crippen molar-refractivity contribution in [3.05, 3.63) is 82.9 Å². The predicted octanol–water partition coefficient (Wildman–Crippen LogP) is 3.99. The number of benzene rings is 2. The zero-order valence-electron chi connectivity index (χ0n) is 15.5. The van der Waals surface area contributed by atoms with Gasteiger partial charge in [0.15, 0.2) is 5.78 Å². The minimum absolute atomic E-state index is 0.0406. The summed E-state index contributed by atoms with van der Waals surface area (Å²) in [7, 11) is 0. The number of aryl methyl sites for hydroxylation is 1. The molecule has 0 fully saturated rings. The first-order chi connectivity index (χ1) is 13.4. The number of carbonyl (C=O) groups is 2. The topological polar surface area (TPSA) is 84.0 Å². The lowest BCUT2D eigenvalue weighted by atomic mass is 10.1. The molecule has 0 saturated carbocycles. The van der Waals surface area contributed by atoms with Crippen LogP contribution in [0.25, 0.3) is 0 Å². The molecule has 6 nitrogen and oxygen atoms in total. The SMILES string of the molecule is CC(=O)c1ccc(NC(=O)c2cc(C)nc(NCc3ccc(F)cc3)n2)cc1. The summed E-state index contributed by atoms with van der Waals surface area (Å²) in [5, 5.41) is 5.79. The first-order valence-electron chi connectivity index (χ1n) is 8.67. The Morgan fingerprint density at radius 1 is 1.00 bits per heavy atom. The van der Waals surface area contributed by atoms with Crippen molar-refractivity contribution in [2.45, 2.75) is 20.4 Å². The van der Waals surface area contributed by atoms with Crippen LogP contribution < -0.4 is 10.6 Å². The zero-order valence-corrected chi connectivity index (χ0v) is 15.5. The molecule has 0 atom stereocenters. The van der Waals surface area contributed by atoms with Gasteiger partial charge in [0.1, 0.15) is 11.5 Å². The fourth-order valence-electron chi connectivity index (χ4n) is 2.53. The molecule has 3 rings (SSSR count). The molecule has 1 aromatic heterocycles. The molecule has 0 spiro atoms. The van der Waals surface area contributed by atoms with Crippen molar-refractivity contribution in [3.8, 4) is 0 Å². The van der Waals surface area contributed by atoms with Crippen LogP contribution in [0.2, 0.25) is 0 Å². The van der Waals surface area contributed by atoms with Gasteiger partial charge in [-0.3, -0.25) is 9.59 Å². The summed E-state index contributed by atoms with van der Waals surface area (Å²) in [5.74, 6) is -0.417. The van der Waals surface area contributed by atoms with Gasteiger partial charge in [-0.1, -0.05) is 12.1 Å². The van der Waals surface area contributed by atoms with Gasteiger partial charge < -0.3 is 10.6 Å². The molecule has 0 bridgehead atoms. The van der Waals surface area contributed by atoms with Gasteiger partial charge in [-0.15, -0.1) is 0 Å². The molecule has 3 aromatic rings. The number of amides is 1. The molecule has 1 amide bonds. The number of halogens is 1. The Kier molecular flexibility index (Phi) is 5.74. The van der Waals surface area contributed by atoms with Crippen LogP contribution in [0.15, 0.2) is 54.6 Å². The second kappa shape index (κ2) is 8.39. The summed E-state index contributed by atoms with van der Waals surface area (Å²) in [5.41, 5.74) is 2.84. The molecule has 0 saturated heterocycles. The maximum atomic E-state index is 13.0. The second-order valence-corrected chi connectivity index (χ2v) is 6.29. The smallest absolute Gasteiger partial charge is 0.274 e. The summed E-state index contributed by atoms with van der Waals surface area (Å²) in [6.45, 7) is 3.65. The molecule has 0 aliphatic heterocycles. The van der Waals surface area contributed by atoms with E-state index in [1.807, 2.05) is 0 Å². The van der Waals surface area contributed by atoms with Crippen LogP contribution in [-0.4, -0.2) is 21.7 Å². The van der Waals surface area contributed by atoms with E-state index in [1.54, 1.807) is 49.4 Å².